The molecular weight excluding hydrogens is 404 g/mol. The van der Waals surface area contributed by atoms with E-state index in [-0.39, 0.29) is 5.78 Å². The van der Waals surface area contributed by atoms with Crippen LogP contribution in [0.25, 0.3) is 17.2 Å². The average molecular weight is 423 g/mol. The van der Waals surface area contributed by atoms with Crippen molar-refractivity contribution in [3.8, 4) is 22.6 Å². The minimum atomic E-state index is -0.0525. The van der Waals surface area contributed by atoms with Crippen LogP contribution < -0.4 is 9.47 Å². The molecular formula is C23H19BrO3. The highest BCUT2D eigenvalue weighted by Gasteiger charge is 2.12. The van der Waals surface area contributed by atoms with Gasteiger partial charge in [-0.3, -0.25) is 4.79 Å². The maximum Gasteiger partial charge on any atom is 0.186 e. The summed E-state index contributed by atoms with van der Waals surface area (Å²) in [5.74, 6) is 1.23. The Morgan fingerprint density at radius 2 is 1.59 bits per heavy atom. The lowest BCUT2D eigenvalue weighted by Gasteiger charge is -2.11. The third kappa shape index (κ3) is 4.47. The minimum absolute atomic E-state index is 0.0525. The van der Waals surface area contributed by atoms with Gasteiger partial charge in [0.05, 0.1) is 14.2 Å². The SMILES string of the molecule is COc1ccc(-c2ccccc2C(=O)/C=C/c2ccc(Br)cc2)cc1OC. The highest BCUT2D eigenvalue weighted by molar-refractivity contribution is 9.10. The van der Waals surface area contributed by atoms with Crippen LogP contribution in [0.4, 0.5) is 0 Å². The second kappa shape index (κ2) is 8.69. The lowest BCUT2D eigenvalue weighted by atomic mass is 9.96. The number of rotatable bonds is 6. The molecule has 0 aliphatic heterocycles. The first kappa shape index (κ1) is 18.9. The van der Waals surface area contributed by atoms with E-state index in [0.717, 1.165) is 21.2 Å². The fourth-order valence-electron chi connectivity index (χ4n) is 2.79. The van der Waals surface area contributed by atoms with Gasteiger partial charge in [-0.1, -0.05) is 64.5 Å². The molecule has 0 N–H and O–H groups in total. The van der Waals surface area contributed by atoms with Crippen LogP contribution in [0.15, 0.2) is 77.3 Å². The summed E-state index contributed by atoms with van der Waals surface area (Å²) in [6, 6.07) is 21.0. The number of hydrogen-bond acceptors (Lipinski definition) is 3. The van der Waals surface area contributed by atoms with Crippen molar-refractivity contribution in [3.63, 3.8) is 0 Å². The van der Waals surface area contributed by atoms with Crippen molar-refractivity contribution in [1.29, 1.82) is 0 Å². The number of benzene rings is 3. The van der Waals surface area contributed by atoms with E-state index < -0.39 is 0 Å². The average Bonchev–Trinajstić information content (AvgIpc) is 2.72. The first-order valence-electron chi connectivity index (χ1n) is 8.42. The maximum absolute atomic E-state index is 12.8. The predicted molar refractivity (Wildman–Crippen MR) is 112 cm³/mol. The predicted octanol–water partition coefficient (Wildman–Crippen LogP) is 6.03. The quantitative estimate of drug-likeness (QED) is 0.359. The minimum Gasteiger partial charge on any atom is -0.493 e. The number of hydrogen-bond donors (Lipinski definition) is 0. The number of ether oxygens (including phenoxy) is 2. The molecule has 0 bridgehead atoms. The Balaban J connectivity index is 1.94. The third-order valence-corrected chi connectivity index (χ3v) is 4.71. The lowest BCUT2D eigenvalue weighted by Crippen LogP contribution is -1.98. The number of carbonyl (C=O) groups is 1. The van der Waals surface area contributed by atoms with Gasteiger partial charge in [-0.05, 0) is 47.0 Å². The van der Waals surface area contributed by atoms with E-state index in [1.165, 1.54) is 0 Å². The number of carbonyl (C=O) groups excluding carboxylic acids is 1. The Labute approximate surface area is 167 Å². The van der Waals surface area contributed by atoms with Crippen LogP contribution in [0.3, 0.4) is 0 Å². The highest BCUT2D eigenvalue weighted by Crippen LogP contribution is 2.33. The first-order chi connectivity index (χ1) is 13.1. The van der Waals surface area contributed by atoms with E-state index in [4.69, 9.17) is 9.47 Å². The van der Waals surface area contributed by atoms with Crippen LogP contribution in [0.2, 0.25) is 0 Å². The Kier molecular flexibility index (Phi) is 6.09. The number of methoxy groups -OCH3 is 2. The van der Waals surface area contributed by atoms with E-state index in [1.54, 1.807) is 20.3 Å². The summed E-state index contributed by atoms with van der Waals surface area (Å²) in [7, 11) is 3.20. The number of ketones is 1. The molecule has 0 unspecified atom stereocenters. The largest absolute Gasteiger partial charge is 0.493 e. The van der Waals surface area contributed by atoms with Gasteiger partial charge in [-0.2, -0.15) is 0 Å². The molecule has 0 aromatic heterocycles. The molecule has 0 aliphatic rings. The molecule has 0 radical (unpaired) electrons. The van der Waals surface area contributed by atoms with Gasteiger partial charge in [0.1, 0.15) is 0 Å². The molecule has 3 aromatic carbocycles. The van der Waals surface area contributed by atoms with Crippen LogP contribution in [0, 0.1) is 0 Å². The standard InChI is InChI=1S/C23H19BrO3/c1-26-22-14-10-17(15-23(22)27-2)19-5-3-4-6-20(19)21(25)13-9-16-7-11-18(24)12-8-16/h3-15H,1-2H3/b13-9+. The van der Waals surface area contributed by atoms with Crippen LogP contribution in [0.5, 0.6) is 11.5 Å². The monoisotopic (exact) mass is 422 g/mol. The van der Waals surface area contributed by atoms with E-state index >= 15 is 0 Å². The van der Waals surface area contributed by atoms with E-state index in [0.29, 0.717) is 17.1 Å². The summed E-state index contributed by atoms with van der Waals surface area (Å²) in [6.07, 6.45) is 3.42. The summed E-state index contributed by atoms with van der Waals surface area (Å²) in [4.78, 5) is 12.8. The fourth-order valence-corrected chi connectivity index (χ4v) is 3.05. The molecule has 0 aliphatic carbocycles. The van der Waals surface area contributed by atoms with Gasteiger partial charge in [0, 0.05) is 10.0 Å². The second-order valence-corrected chi connectivity index (χ2v) is 6.78. The molecule has 0 saturated heterocycles. The van der Waals surface area contributed by atoms with Crippen molar-refractivity contribution in [1.82, 2.24) is 0 Å². The lowest BCUT2D eigenvalue weighted by molar-refractivity contribution is 0.104. The summed E-state index contributed by atoms with van der Waals surface area (Å²) in [6.45, 7) is 0. The van der Waals surface area contributed by atoms with Crippen LogP contribution in [0.1, 0.15) is 15.9 Å². The molecule has 0 heterocycles. The Hall–Kier alpha value is -2.85. The zero-order valence-electron chi connectivity index (χ0n) is 15.1. The Morgan fingerprint density at radius 3 is 2.30 bits per heavy atom. The summed E-state index contributed by atoms with van der Waals surface area (Å²) >= 11 is 3.41. The number of halogens is 1. The van der Waals surface area contributed by atoms with Gasteiger partial charge in [-0.15, -0.1) is 0 Å². The van der Waals surface area contributed by atoms with Crippen LogP contribution in [-0.4, -0.2) is 20.0 Å². The van der Waals surface area contributed by atoms with Gasteiger partial charge < -0.3 is 9.47 Å². The van der Waals surface area contributed by atoms with Gasteiger partial charge in [0.25, 0.3) is 0 Å². The molecule has 0 saturated carbocycles. The molecule has 3 nitrogen and oxygen atoms in total. The van der Waals surface area contributed by atoms with Crippen molar-refractivity contribution in [3.05, 3.63) is 88.4 Å². The van der Waals surface area contributed by atoms with Crippen molar-refractivity contribution in [2.24, 2.45) is 0 Å². The van der Waals surface area contributed by atoms with E-state index in [2.05, 4.69) is 15.9 Å². The van der Waals surface area contributed by atoms with Gasteiger partial charge in [-0.25, -0.2) is 0 Å². The van der Waals surface area contributed by atoms with Crippen LogP contribution >= 0.6 is 15.9 Å². The van der Waals surface area contributed by atoms with Crippen molar-refractivity contribution in [2.75, 3.05) is 14.2 Å². The molecule has 3 rings (SSSR count). The van der Waals surface area contributed by atoms with E-state index in [9.17, 15) is 4.79 Å². The normalized spacial score (nSPS) is 10.8. The Bertz CT molecular complexity index is 975. The van der Waals surface area contributed by atoms with Crippen molar-refractivity contribution in [2.45, 2.75) is 0 Å². The van der Waals surface area contributed by atoms with Crippen molar-refractivity contribution >= 4 is 27.8 Å². The number of allylic oxidation sites excluding steroid dienone is 1. The first-order valence-corrected chi connectivity index (χ1v) is 9.21. The molecule has 136 valence electrons. The molecule has 0 amide bonds. The zero-order valence-corrected chi connectivity index (χ0v) is 16.7. The molecule has 4 heteroatoms. The van der Waals surface area contributed by atoms with Crippen molar-refractivity contribution < 1.29 is 14.3 Å². The fraction of sp³-hybridized carbons (Fsp3) is 0.0870. The molecule has 0 spiro atoms. The second-order valence-electron chi connectivity index (χ2n) is 5.86. The summed E-state index contributed by atoms with van der Waals surface area (Å²) < 4.78 is 11.7. The Morgan fingerprint density at radius 1 is 0.889 bits per heavy atom. The molecule has 0 fully saturated rings. The topological polar surface area (TPSA) is 35.5 Å². The molecule has 3 aromatic rings. The molecule has 0 atom stereocenters. The van der Waals surface area contributed by atoms with Gasteiger partial charge >= 0.3 is 0 Å². The summed E-state index contributed by atoms with van der Waals surface area (Å²) in [5, 5.41) is 0. The maximum atomic E-state index is 12.8. The smallest absolute Gasteiger partial charge is 0.186 e. The highest BCUT2D eigenvalue weighted by atomic mass is 79.9. The molecule has 27 heavy (non-hydrogen) atoms. The summed E-state index contributed by atoms with van der Waals surface area (Å²) in [5.41, 5.74) is 3.35. The van der Waals surface area contributed by atoms with Crippen LogP contribution in [-0.2, 0) is 0 Å². The van der Waals surface area contributed by atoms with Gasteiger partial charge in [0.15, 0.2) is 17.3 Å². The third-order valence-electron chi connectivity index (χ3n) is 4.18. The zero-order chi connectivity index (χ0) is 19.2. The van der Waals surface area contributed by atoms with E-state index in [1.807, 2.05) is 72.8 Å². The van der Waals surface area contributed by atoms with Gasteiger partial charge in [0.2, 0.25) is 0 Å².